The highest BCUT2D eigenvalue weighted by Gasteiger charge is 2.49. The second kappa shape index (κ2) is 13.4. The Balaban J connectivity index is 1.40. The maximum atomic E-state index is 12.5. The van der Waals surface area contributed by atoms with Gasteiger partial charge < -0.3 is 85.0 Å². The molecule has 2 aliphatic rings. The average molecular weight is 647 g/mol. The lowest BCUT2D eigenvalue weighted by molar-refractivity contribution is -0.324. The van der Waals surface area contributed by atoms with E-state index in [1.54, 1.807) is 0 Å². The van der Waals surface area contributed by atoms with Crippen LogP contribution in [0.4, 0.5) is 0 Å². The van der Waals surface area contributed by atoms with Gasteiger partial charge in [-0.15, -0.1) is 0 Å². The standard InChI is InChI=1S/C26H30O19/c27-5-13-22(44-23(39)7-1-9(28)15(32)10(29)2-7)19(36)21(38)25(42-13)41-6-14-17(34)18(35)20(37)26(43-14)45-24(40)8-3-11(30)16(33)12(31)4-8/h1-4,13-14,17-22,25-38H,5-6H2/t13-,14-,17-,18+,19-,20-,21-,22-,25-,26+/m1/s1. The number of benzene rings is 2. The second-order valence-corrected chi connectivity index (χ2v) is 10.1. The number of ether oxygens (including phenoxy) is 5. The molecule has 2 aromatic carbocycles. The molecule has 2 aliphatic heterocycles. The fourth-order valence-electron chi connectivity index (χ4n) is 4.49. The van der Waals surface area contributed by atoms with Crippen LogP contribution in [0.1, 0.15) is 20.7 Å². The number of phenolic OH excluding ortho intramolecular Hbond substituents is 6. The molecular formula is C26H30O19. The van der Waals surface area contributed by atoms with E-state index in [2.05, 4.69) is 0 Å². The lowest BCUT2D eigenvalue weighted by atomic mass is 9.98. The van der Waals surface area contributed by atoms with Crippen LogP contribution in [0.3, 0.4) is 0 Å². The Labute approximate surface area is 251 Å². The van der Waals surface area contributed by atoms with Crippen LogP contribution in [-0.2, 0) is 23.7 Å². The van der Waals surface area contributed by atoms with Gasteiger partial charge in [0.15, 0.2) is 46.9 Å². The number of aliphatic hydroxyl groups excluding tert-OH is 6. The van der Waals surface area contributed by atoms with Gasteiger partial charge in [0.05, 0.1) is 24.3 Å². The molecule has 0 aliphatic carbocycles. The molecule has 10 atom stereocenters. The van der Waals surface area contributed by atoms with Crippen LogP contribution in [0.5, 0.6) is 34.5 Å². The highest BCUT2D eigenvalue weighted by atomic mass is 16.7. The van der Waals surface area contributed by atoms with Crippen LogP contribution in [0.25, 0.3) is 0 Å². The largest absolute Gasteiger partial charge is 0.504 e. The van der Waals surface area contributed by atoms with E-state index in [-0.39, 0.29) is 0 Å². The highest BCUT2D eigenvalue weighted by Crippen LogP contribution is 2.37. The van der Waals surface area contributed by atoms with Crippen molar-refractivity contribution in [2.75, 3.05) is 13.2 Å². The predicted molar refractivity (Wildman–Crippen MR) is 138 cm³/mol. The van der Waals surface area contributed by atoms with Gasteiger partial charge in [-0.2, -0.15) is 0 Å². The Bertz CT molecular complexity index is 1350. The molecule has 2 fully saturated rings. The van der Waals surface area contributed by atoms with E-state index in [9.17, 15) is 70.9 Å². The topological polar surface area (TPSA) is 323 Å². The molecule has 248 valence electrons. The van der Waals surface area contributed by atoms with Crippen LogP contribution in [-0.4, -0.2) is 148 Å². The first-order chi connectivity index (χ1) is 21.1. The molecular weight excluding hydrogens is 616 g/mol. The fourth-order valence-corrected chi connectivity index (χ4v) is 4.49. The van der Waals surface area contributed by atoms with Gasteiger partial charge in [0, 0.05) is 0 Å². The van der Waals surface area contributed by atoms with Crippen LogP contribution in [0, 0.1) is 0 Å². The van der Waals surface area contributed by atoms with Gasteiger partial charge in [0.25, 0.3) is 0 Å². The second-order valence-electron chi connectivity index (χ2n) is 10.1. The zero-order valence-corrected chi connectivity index (χ0v) is 22.7. The minimum Gasteiger partial charge on any atom is -0.504 e. The molecule has 0 unspecified atom stereocenters. The lowest BCUT2D eigenvalue weighted by Crippen LogP contribution is -2.62. The minimum absolute atomic E-state index is 0.474. The smallest absolute Gasteiger partial charge is 0.340 e. The van der Waals surface area contributed by atoms with Crippen molar-refractivity contribution in [2.24, 2.45) is 0 Å². The number of hydrogen-bond donors (Lipinski definition) is 12. The molecule has 2 heterocycles. The quantitative estimate of drug-likeness (QED) is 0.0980. The van der Waals surface area contributed by atoms with E-state index in [0.717, 1.165) is 24.3 Å². The monoisotopic (exact) mass is 646 g/mol. The van der Waals surface area contributed by atoms with Gasteiger partial charge in [-0.3, -0.25) is 0 Å². The molecule has 19 nitrogen and oxygen atoms in total. The number of phenols is 6. The Morgan fingerprint density at radius 3 is 1.53 bits per heavy atom. The molecule has 2 saturated heterocycles. The molecule has 0 saturated carbocycles. The Kier molecular flexibility index (Phi) is 10.1. The van der Waals surface area contributed by atoms with E-state index in [1.165, 1.54) is 0 Å². The maximum absolute atomic E-state index is 12.5. The molecule has 0 radical (unpaired) electrons. The van der Waals surface area contributed by atoms with Gasteiger partial charge in [0.1, 0.15) is 42.7 Å². The first-order valence-corrected chi connectivity index (χ1v) is 13.0. The maximum Gasteiger partial charge on any atom is 0.340 e. The van der Waals surface area contributed by atoms with Crippen LogP contribution >= 0.6 is 0 Å². The van der Waals surface area contributed by atoms with Crippen molar-refractivity contribution in [1.82, 2.24) is 0 Å². The minimum atomic E-state index is -2.01. The van der Waals surface area contributed by atoms with Crippen molar-refractivity contribution in [3.05, 3.63) is 35.4 Å². The molecule has 19 heteroatoms. The molecule has 0 spiro atoms. The Morgan fingerprint density at radius 1 is 0.600 bits per heavy atom. The summed E-state index contributed by atoms with van der Waals surface area (Å²) in [5, 5.41) is 119. The highest BCUT2D eigenvalue weighted by molar-refractivity contribution is 5.91. The van der Waals surface area contributed by atoms with E-state index in [1.807, 2.05) is 0 Å². The third-order valence-electron chi connectivity index (χ3n) is 6.99. The van der Waals surface area contributed by atoms with Gasteiger partial charge in [-0.05, 0) is 24.3 Å². The van der Waals surface area contributed by atoms with Crippen LogP contribution < -0.4 is 0 Å². The first-order valence-electron chi connectivity index (χ1n) is 13.0. The lowest BCUT2D eigenvalue weighted by Gasteiger charge is -2.43. The summed E-state index contributed by atoms with van der Waals surface area (Å²) in [7, 11) is 0. The van der Waals surface area contributed by atoms with E-state index in [0.29, 0.717) is 0 Å². The number of hydrogen-bond acceptors (Lipinski definition) is 19. The van der Waals surface area contributed by atoms with Gasteiger partial charge in [-0.25, -0.2) is 9.59 Å². The van der Waals surface area contributed by atoms with E-state index >= 15 is 0 Å². The van der Waals surface area contributed by atoms with Crippen molar-refractivity contribution in [3.8, 4) is 34.5 Å². The molecule has 45 heavy (non-hydrogen) atoms. The number of rotatable bonds is 8. The SMILES string of the molecule is O=C(O[C@@H]1O[C@H](CO[C@@H]2O[C@H](CO)[C@@H](OC(=O)c3cc(O)c(O)c(O)c3)[C@H](O)[C@H]2O)[C@@H](O)[C@H](O)[C@H]1O)c1cc(O)c(O)c(O)c1. The van der Waals surface area contributed by atoms with Crippen molar-refractivity contribution in [1.29, 1.82) is 0 Å². The zero-order valence-electron chi connectivity index (χ0n) is 22.7. The molecule has 12 N–H and O–H groups in total. The van der Waals surface area contributed by atoms with Crippen molar-refractivity contribution in [3.63, 3.8) is 0 Å². The van der Waals surface area contributed by atoms with Gasteiger partial charge >= 0.3 is 11.9 Å². The Hall–Kier alpha value is -4.18. The molecule has 0 amide bonds. The molecule has 4 rings (SSSR count). The van der Waals surface area contributed by atoms with Crippen LogP contribution in [0.2, 0.25) is 0 Å². The predicted octanol–water partition coefficient (Wildman–Crippen LogP) is -3.43. The number of esters is 2. The van der Waals surface area contributed by atoms with Crippen LogP contribution in [0.15, 0.2) is 24.3 Å². The summed E-state index contributed by atoms with van der Waals surface area (Å²) in [5.74, 6) is -7.87. The number of carbonyl (C=O) groups is 2. The number of aliphatic hydroxyl groups is 6. The third-order valence-corrected chi connectivity index (χ3v) is 6.99. The summed E-state index contributed by atoms with van der Waals surface area (Å²) < 4.78 is 26.2. The van der Waals surface area contributed by atoms with E-state index < -0.39 is 132 Å². The summed E-state index contributed by atoms with van der Waals surface area (Å²) in [6.07, 6.45) is -18.4. The summed E-state index contributed by atoms with van der Waals surface area (Å²) in [6, 6.07) is 2.94. The van der Waals surface area contributed by atoms with Gasteiger partial charge in [-0.1, -0.05) is 0 Å². The Morgan fingerprint density at radius 2 is 1.04 bits per heavy atom. The first kappa shape index (κ1) is 33.7. The zero-order chi connectivity index (χ0) is 33.3. The van der Waals surface area contributed by atoms with Crippen molar-refractivity contribution >= 4 is 11.9 Å². The summed E-state index contributed by atoms with van der Waals surface area (Å²) >= 11 is 0. The summed E-state index contributed by atoms with van der Waals surface area (Å²) in [6.45, 7) is -1.66. The summed E-state index contributed by atoms with van der Waals surface area (Å²) in [5.41, 5.74) is -0.970. The normalized spacial score (nSPS) is 31.7. The number of aromatic hydroxyl groups is 6. The van der Waals surface area contributed by atoms with Crippen molar-refractivity contribution in [2.45, 2.75) is 61.4 Å². The fraction of sp³-hybridized carbons (Fsp3) is 0.462. The average Bonchev–Trinajstić information content (AvgIpc) is 3.00. The molecule has 2 aromatic rings. The molecule has 0 bridgehead atoms. The summed E-state index contributed by atoms with van der Waals surface area (Å²) in [4.78, 5) is 25.0. The molecule has 0 aromatic heterocycles. The van der Waals surface area contributed by atoms with Gasteiger partial charge in [0.2, 0.25) is 6.29 Å². The van der Waals surface area contributed by atoms with E-state index in [4.69, 9.17) is 23.7 Å². The number of carbonyl (C=O) groups excluding carboxylic acids is 2. The van der Waals surface area contributed by atoms with Crippen molar-refractivity contribution < 1.29 is 94.6 Å². The third kappa shape index (κ3) is 6.91.